The predicted octanol–water partition coefficient (Wildman–Crippen LogP) is 2.92. The number of rotatable bonds is 6. The van der Waals surface area contributed by atoms with Gasteiger partial charge in [0.2, 0.25) is 0 Å². The van der Waals surface area contributed by atoms with Crippen LogP contribution >= 0.6 is 15.9 Å². The van der Waals surface area contributed by atoms with E-state index < -0.39 is 17.2 Å². The summed E-state index contributed by atoms with van der Waals surface area (Å²) in [5.41, 5.74) is 2.18. The third-order valence-electron chi connectivity index (χ3n) is 3.12. The largest absolute Gasteiger partial charge is 0.379 e. The first-order valence-electron chi connectivity index (χ1n) is 5.94. The van der Waals surface area contributed by atoms with Crippen LogP contribution in [-0.4, -0.2) is 18.8 Å². The molecule has 0 aliphatic carbocycles. The minimum Gasteiger partial charge on any atom is -0.379 e. The molecule has 0 radical (unpaired) electrons. The Bertz CT molecular complexity index is 441. The number of benzene rings is 1. The van der Waals surface area contributed by atoms with Crippen molar-refractivity contribution >= 4 is 15.9 Å². The molecule has 1 atom stereocenters. The molecule has 0 aromatic heterocycles. The Balaban J connectivity index is 2.90. The molecular weight excluding hydrogens is 318 g/mol. The SMILES string of the molecule is COC(C)(C)CC(Cc1c(F)ccc(Br)c1F)NN. The first-order chi connectivity index (χ1) is 8.80. The summed E-state index contributed by atoms with van der Waals surface area (Å²) in [6.07, 6.45) is 0.686. The Labute approximate surface area is 120 Å². The van der Waals surface area contributed by atoms with Gasteiger partial charge in [0.25, 0.3) is 0 Å². The second-order valence-electron chi connectivity index (χ2n) is 5.06. The van der Waals surface area contributed by atoms with Crippen molar-refractivity contribution < 1.29 is 13.5 Å². The number of nitrogens with one attached hydrogen (secondary N) is 1. The highest BCUT2D eigenvalue weighted by Gasteiger charge is 2.24. The summed E-state index contributed by atoms with van der Waals surface area (Å²) >= 11 is 3.05. The van der Waals surface area contributed by atoms with Gasteiger partial charge in [-0.3, -0.25) is 11.3 Å². The maximum absolute atomic E-state index is 13.9. The molecule has 1 rings (SSSR count). The van der Waals surface area contributed by atoms with Crippen molar-refractivity contribution in [2.75, 3.05) is 7.11 Å². The highest BCUT2D eigenvalue weighted by Crippen LogP contribution is 2.25. The maximum Gasteiger partial charge on any atom is 0.143 e. The Hall–Kier alpha value is -0.560. The molecule has 0 spiro atoms. The van der Waals surface area contributed by atoms with E-state index in [1.54, 1.807) is 7.11 Å². The summed E-state index contributed by atoms with van der Waals surface area (Å²) < 4.78 is 33.1. The monoisotopic (exact) mass is 336 g/mol. The summed E-state index contributed by atoms with van der Waals surface area (Å²) in [6, 6.07) is 2.30. The third-order valence-corrected chi connectivity index (χ3v) is 3.73. The molecule has 1 unspecified atom stereocenters. The highest BCUT2D eigenvalue weighted by molar-refractivity contribution is 9.10. The van der Waals surface area contributed by atoms with Gasteiger partial charge in [-0.1, -0.05) is 0 Å². The van der Waals surface area contributed by atoms with Crippen LogP contribution in [0, 0.1) is 11.6 Å². The number of hydrazine groups is 1. The van der Waals surface area contributed by atoms with Crippen molar-refractivity contribution in [2.45, 2.75) is 38.3 Å². The summed E-state index contributed by atoms with van der Waals surface area (Å²) in [4.78, 5) is 0. The average molecular weight is 337 g/mol. The van der Waals surface area contributed by atoms with Gasteiger partial charge in [-0.15, -0.1) is 0 Å². The van der Waals surface area contributed by atoms with E-state index in [0.29, 0.717) is 6.42 Å². The second kappa shape index (κ2) is 6.74. The van der Waals surface area contributed by atoms with E-state index in [2.05, 4.69) is 21.4 Å². The van der Waals surface area contributed by atoms with E-state index >= 15 is 0 Å². The molecule has 0 heterocycles. The van der Waals surface area contributed by atoms with E-state index in [9.17, 15) is 8.78 Å². The molecule has 0 bridgehead atoms. The minimum atomic E-state index is -0.588. The minimum absolute atomic E-state index is 0.0178. The molecule has 6 heteroatoms. The highest BCUT2D eigenvalue weighted by atomic mass is 79.9. The topological polar surface area (TPSA) is 47.3 Å². The van der Waals surface area contributed by atoms with Crippen LogP contribution in [0.15, 0.2) is 16.6 Å². The zero-order chi connectivity index (χ0) is 14.6. The summed E-state index contributed by atoms with van der Waals surface area (Å²) in [6.45, 7) is 3.79. The summed E-state index contributed by atoms with van der Waals surface area (Å²) in [7, 11) is 1.59. The van der Waals surface area contributed by atoms with Gasteiger partial charge in [-0.05, 0) is 54.8 Å². The first-order valence-corrected chi connectivity index (χ1v) is 6.73. The van der Waals surface area contributed by atoms with Crippen LogP contribution in [0.5, 0.6) is 0 Å². The fraction of sp³-hybridized carbons (Fsp3) is 0.538. The van der Waals surface area contributed by atoms with Crippen LogP contribution in [0.4, 0.5) is 8.78 Å². The zero-order valence-corrected chi connectivity index (χ0v) is 12.9. The lowest BCUT2D eigenvalue weighted by atomic mass is 9.94. The molecule has 0 saturated heterocycles. The van der Waals surface area contributed by atoms with Crippen molar-refractivity contribution in [1.82, 2.24) is 5.43 Å². The van der Waals surface area contributed by atoms with Gasteiger partial charge in [0.15, 0.2) is 0 Å². The van der Waals surface area contributed by atoms with Crippen molar-refractivity contribution in [3.8, 4) is 0 Å². The molecule has 0 fully saturated rings. The number of hydrogen-bond acceptors (Lipinski definition) is 3. The first kappa shape index (κ1) is 16.5. The Morgan fingerprint density at radius 3 is 2.58 bits per heavy atom. The van der Waals surface area contributed by atoms with Crippen LogP contribution in [0.2, 0.25) is 0 Å². The second-order valence-corrected chi connectivity index (χ2v) is 5.91. The van der Waals surface area contributed by atoms with Gasteiger partial charge in [0.05, 0.1) is 10.1 Å². The number of hydrogen-bond donors (Lipinski definition) is 2. The van der Waals surface area contributed by atoms with Crippen LogP contribution in [0.25, 0.3) is 0 Å². The van der Waals surface area contributed by atoms with E-state index in [0.717, 1.165) is 0 Å². The normalized spacial score (nSPS) is 13.6. The van der Waals surface area contributed by atoms with Crippen LogP contribution in [0.3, 0.4) is 0 Å². The number of nitrogens with two attached hydrogens (primary N) is 1. The van der Waals surface area contributed by atoms with Gasteiger partial charge in [0, 0.05) is 18.7 Å². The smallest absolute Gasteiger partial charge is 0.143 e. The molecule has 0 saturated carbocycles. The van der Waals surface area contributed by atoms with Crippen molar-refractivity contribution in [1.29, 1.82) is 0 Å². The van der Waals surface area contributed by atoms with Crippen LogP contribution in [0.1, 0.15) is 25.8 Å². The maximum atomic E-state index is 13.9. The Morgan fingerprint density at radius 2 is 2.05 bits per heavy atom. The molecule has 108 valence electrons. The van der Waals surface area contributed by atoms with Crippen molar-refractivity contribution in [3.05, 3.63) is 33.8 Å². The molecule has 0 aliphatic rings. The van der Waals surface area contributed by atoms with Crippen LogP contribution < -0.4 is 11.3 Å². The fourth-order valence-corrected chi connectivity index (χ4v) is 2.24. The zero-order valence-electron chi connectivity index (χ0n) is 11.3. The summed E-state index contributed by atoms with van der Waals surface area (Å²) in [5.74, 6) is 4.30. The van der Waals surface area contributed by atoms with E-state index in [1.165, 1.54) is 12.1 Å². The van der Waals surface area contributed by atoms with Crippen molar-refractivity contribution in [2.24, 2.45) is 5.84 Å². The summed E-state index contributed by atoms with van der Waals surface area (Å²) in [5, 5.41) is 0. The molecule has 1 aromatic rings. The Kier molecular flexibility index (Phi) is 5.85. The molecule has 0 amide bonds. The molecule has 1 aromatic carbocycles. The molecule has 3 N–H and O–H groups in total. The molecule has 3 nitrogen and oxygen atoms in total. The Morgan fingerprint density at radius 1 is 1.42 bits per heavy atom. The van der Waals surface area contributed by atoms with Gasteiger partial charge in [0.1, 0.15) is 11.6 Å². The standard InChI is InChI=1S/C13H19BrF2N2O/c1-13(2,19-3)7-8(18-17)6-9-11(15)5-4-10(14)12(9)16/h4-5,8,18H,6-7,17H2,1-3H3. The van der Waals surface area contributed by atoms with E-state index in [-0.39, 0.29) is 22.5 Å². The quantitative estimate of drug-likeness (QED) is 0.477. The van der Waals surface area contributed by atoms with Gasteiger partial charge >= 0.3 is 0 Å². The number of ether oxygens (including phenoxy) is 1. The number of halogens is 3. The fourth-order valence-electron chi connectivity index (χ4n) is 1.87. The number of methoxy groups -OCH3 is 1. The molecule has 0 aliphatic heterocycles. The third kappa shape index (κ3) is 4.49. The average Bonchev–Trinajstić information content (AvgIpc) is 2.37. The molecular formula is C13H19BrF2N2O. The van der Waals surface area contributed by atoms with Gasteiger partial charge in [-0.25, -0.2) is 8.78 Å². The van der Waals surface area contributed by atoms with Gasteiger partial charge < -0.3 is 4.74 Å². The van der Waals surface area contributed by atoms with E-state index in [4.69, 9.17) is 10.6 Å². The van der Waals surface area contributed by atoms with Crippen molar-refractivity contribution in [3.63, 3.8) is 0 Å². The lowest BCUT2D eigenvalue weighted by Crippen LogP contribution is -2.42. The lowest BCUT2D eigenvalue weighted by Gasteiger charge is -2.28. The molecule has 19 heavy (non-hydrogen) atoms. The van der Waals surface area contributed by atoms with E-state index in [1.807, 2.05) is 13.8 Å². The lowest BCUT2D eigenvalue weighted by molar-refractivity contribution is 0.00697. The van der Waals surface area contributed by atoms with Crippen LogP contribution in [-0.2, 0) is 11.2 Å². The predicted molar refractivity (Wildman–Crippen MR) is 74.6 cm³/mol. The van der Waals surface area contributed by atoms with Gasteiger partial charge in [-0.2, -0.15) is 0 Å².